The molecule has 3 nitrogen and oxygen atoms in total. The van der Waals surface area contributed by atoms with Crippen LogP contribution >= 0.6 is 0 Å². The van der Waals surface area contributed by atoms with Gasteiger partial charge in [0.25, 0.3) is 0 Å². The number of hydrogen-bond acceptors (Lipinski definition) is 3. The highest BCUT2D eigenvalue weighted by molar-refractivity contribution is 6.07. The van der Waals surface area contributed by atoms with Crippen LogP contribution < -0.4 is 0 Å². The molecule has 0 bridgehead atoms. The predicted octanol–water partition coefficient (Wildman–Crippen LogP) is 13.2. The van der Waals surface area contributed by atoms with Gasteiger partial charge in [0.05, 0.1) is 11.4 Å². The summed E-state index contributed by atoms with van der Waals surface area (Å²) in [6, 6.07) is 61.6. The predicted molar refractivity (Wildman–Crippen MR) is 206 cm³/mol. The molecule has 7 aromatic carbocycles. The van der Waals surface area contributed by atoms with E-state index in [4.69, 9.17) is 13.8 Å². The Morgan fingerprint density at radius 2 is 0.640 bits per heavy atom. The molecule has 10 rings (SSSR count). The van der Waals surface area contributed by atoms with Crippen molar-refractivity contribution < 1.29 is 8.83 Å². The largest absolute Gasteiger partial charge is 0.456 e. The molecule has 0 N–H and O–H groups in total. The number of rotatable bonds is 5. The summed E-state index contributed by atoms with van der Waals surface area (Å²) in [5.74, 6) is 0. The molecule has 0 aliphatic heterocycles. The molecule has 3 aromatic heterocycles. The normalized spacial score (nSPS) is 11.6. The Morgan fingerprint density at radius 3 is 1.16 bits per heavy atom. The molecule has 10 aromatic rings. The maximum Gasteiger partial charge on any atom is 0.135 e. The first-order valence-electron chi connectivity index (χ1n) is 16.9. The third kappa shape index (κ3) is 4.87. The van der Waals surface area contributed by atoms with E-state index in [9.17, 15) is 0 Å². The number of furan rings is 2. The Morgan fingerprint density at radius 1 is 0.260 bits per heavy atom. The smallest absolute Gasteiger partial charge is 0.135 e. The minimum absolute atomic E-state index is 0.904. The summed E-state index contributed by atoms with van der Waals surface area (Å²) < 4.78 is 12.1. The molecule has 3 heteroatoms. The van der Waals surface area contributed by atoms with Crippen LogP contribution in [0.5, 0.6) is 0 Å². The van der Waals surface area contributed by atoms with Crippen molar-refractivity contribution in [2.24, 2.45) is 0 Å². The van der Waals surface area contributed by atoms with Gasteiger partial charge in [-0.3, -0.25) is 0 Å². The van der Waals surface area contributed by atoms with Gasteiger partial charge in [-0.15, -0.1) is 0 Å². The van der Waals surface area contributed by atoms with E-state index in [2.05, 4.69) is 146 Å². The molecule has 0 saturated carbocycles. The van der Waals surface area contributed by atoms with E-state index in [0.717, 1.165) is 99.8 Å². The van der Waals surface area contributed by atoms with Gasteiger partial charge in [-0.2, -0.15) is 0 Å². The minimum atomic E-state index is 0.904. The van der Waals surface area contributed by atoms with Crippen LogP contribution in [0.25, 0.3) is 99.8 Å². The highest BCUT2D eigenvalue weighted by Crippen LogP contribution is 2.36. The van der Waals surface area contributed by atoms with Crippen molar-refractivity contribution in [3.63, 3.8) is 0 Å². The molecule has 0 aliphatic carbocycles. The number of aromatic nitrogens is 1. The molecule has 0 radical (unpaired) electrons. The minimum Gasteiger partial charge on any atom is -0.456 e. The number of nitrogens with zero attached hydrogens (tertiary/aromatic N) is 1. The zero-order valence-corrected chi connectivity index (χ0v) is 27.0. The van der Waals surface area contributed by atoms with Crippen LogP contribution in [0.2, 0.25) is 0 Å². The van der Waals surface area contributed by atoms with Crippen LogP contribution in [0.15, 0.2) is 185 Å². The second-order valence-electron chi connectivity index (χ2n) is 12.8. The molecular weight excluding hydrogens is 611 g/mol. The topological polar surface area (TPSA) is 39.2 Å². The third-order valence-electron chi connectivity index (χ3n) is 9.71. The van der Waals surface area contributed by atoms with Crippen molar-refractivity contribution in [1.82, 2.24) is 4.98 Å². The number of pyridine rings is 1. The molecule has 3 heterocycles. The van der Waals surface area contributed by atoms with Crippen molar-refractivity contribution >= 4 is 43.9 Å². The standard InChI is InChI=1S/C47H29NO2/c1-2-8-33(9-3-1)42-28-37(32-16-14-30(15-17-32)35-22-24-46-40(26-35)38-10-4-6-12-44(38)49-46)29-43(48-42)34-20-18-31(19-21-34)36-23-25-47-41(27-36)39-11-5-7-13-45(39)50-47/h1-29H. The summed E-state index contributed by atoms with van der Waals surface area (Å²) in [6.07, 6.45) is 0. The summed E-state index contributed by atoms with van der Waals surface area (Å²) in [5.41, 5.74) is 14.6. The summed E-state index contributed by atoms with van der Waals surface area (Å²) in [6.45, 7) is 0. The van der Waals surface area contributed by atoms with Crippen LogP contribution in [-0.2, 0) is 0 Å². The molecule has 0 saturated heterocycles. The van der Waals surface area contributed by atoms with E-state index in [1.807, 2.05) is 30.3 Å². The molecule has 0 aliphatic rings. The Labute approximate surface area is 288 Å². The summed E-state index contributed by atoms with van der Waals surface area (Å²) in [7, 11) is 0. The first-order valence-corrected chi connectivity index (χ1v) is 16.9. The molecule has 0 spiro atoms. The van der Waals surface area contributed by atoms with Crippen LogP contribution in [0.4, 0.5) is 0 Å². The van der Waals surface area contributed by atoms with Gasteiger partial charge in [0.2, 0.25) is 0 Å². The zero-order valence-electron chi connectivity index (χ0n) is 27.0. The zero-order chi connectivity index (χ0) is 33.0. The maximum atomic E-state index is 6.06. The quantitative estimate of drug-likeness (QED) is 0.188. The van der Waals surface area contributed by atoms with Crippen LogP contribution in [-0.4, -0.2) is 4.98 Å². The van der Waals surface area contributed by atoms with Crippen molar-refractivity contribution in [2.45, 2.75) is 0 Å². The number of hydrogen-bond donors (Lipinski definition) is 0. The SMILES string of the molecule is c1ccc(-c2cc(-c3ccc(-c4ccc5oc6ccccc6c5c4)cc3)cc(-c3ccc(-c4ccc5oc6ccccc6c5c4)cc3)n2)cc1. The fraction of sp³-hybridized carbons (Fsp3) is 0. The van der Waals surface area contributed by atoms with E-state index in [1.54, 1.807) is 0 Å². The number of fused-ring (bicyclic) bond motifs is 6. The van der Waals surface area contributed by atoms with Crippen molar-refractivity contribution in [3.8, 4) is 55.9 Å². The summed E-state index contributed by atoms with van der Waals surface area (Å²) in [4.78, 5) is 5.16. The van der Waals surface area contributed by atoms with Gasteiger partial charge < -0.3 is 8.83 Å². The molecule has 0 atom stereocenters. The van der Waals surface area contributed by atoms with E-state index in [0.29, 0.717) is 0 Å². The van der Waals surface area contributed by atoms with Gasteiger partial charge in [-0.1, -0.05) is 127 Å². The van der Waals surface area contributed by atoms with Gasteiger partial charge >= 0.3 is 0 Å². The highest BCUT2D eigenvalue weighted by atomic mass is 16.3. The lowest BCUT2D eigenvalue weighted by molar-refractivity contribution is 0.668. The maximum absolute atomic E-state index is 6.06. The van der Waals surface area contributed by atoms with E-state index in [-0.39, 0.29) is 0 Å². The molecule has 50 heavy (non-hydrogen) atoms. The molecule has 234 valence electrons. The van der Waals surface area contributed by atoms with Gasteiger partial charge in [0.1, 0.15) is 22.3 Å². The van der Waals surface area contributed by atoms with Crippen LogP contribution in [0.1, 0.15) is 0 Å². The van der Waals surface area contributed by atoms with Crippen molar-refractivity contribution in [2.75, 3.05) is 0 Å². The fourth-order valence-corrected chi connectivity index (χ4v) is 7.10. The second-order valence-corrected chi connectivity index (χ2v) is 12.8. The Hall–Kier alpha value is -6.71. The molecular formula is C47H29NO2. The third-order valence-corrected chi connectivity index (χ3v) is 9.71. The Kier molecular flexibility index (Phi) is 6.49. The Bertz CT molecular complexity index is 2670. The lowest BCUT2D eigenvalue weighted by Gasteiger charge is -2.12. The Balaban J connectivity index is 1.01. The second kappa shape index (κ2) is 11.5. The number of para-hydroxylation sites is 2. The van der Waals surface area contributed by atoms with E-state index in [1.165, 1.54) is 0 Å². The van der Waals surface area contributed by atoms with Crippen molar-refractivity contribution in [1.29, 1.82) is 0 Å². The summed E-state index contributed by atoms with van der Waals surface area (Å²) in [5, 5.41) is 4.54. The average Bonchev–Trinajstić information content (AvgIpc) is 3.76. The lowest BCUT2D eigenvalue weighted by atomic mass is 9.96. The monoisotopic (exact) mass is 639 g/mol. The lowest BCUT2D eigenvalue weighted by Crippen LogP contribution is -1.91. The molecule has 0 fully saturated rings. The van der Waals surface area contributed by atoms with Crippen LogP contribution in [0.3, 0.4) is 0 Å². The highest BCUT2D eigenvalue weighted by Gasteiger charge is 2.13. The van der Waals surface area contributed by atoms with Gasteiger partial charge in [0.15, 0.2) is 0 Å². The molecule has 0 unspecified atom stereocenters. The average molecular weight is 640 g/mol. The first-order chi connectivity index (χ1) is 24.7. The summed E-state index contributed by atoms with van der Waals surface area (Å²) >= 11 is 0. The van der Waals surface area contributed by atoms with Gasteiger partial charge in [-0.05, 0) is 81.9 Å². The molecule has 0 amide bonds. The fourth-order valence-electron chi connectivity index (χ4n) is 7.10. The van der Waals surface area contributed by atoms with E-state index < -0.39 is 0 Å². The first kappa shape index (κ1) is 28.3. The number of benzene rings is 7. The van der Waals surface area contributed by atoms with Gasteiger partial charge in [0, 0.05) is 32.7 Å². The van der Waals surface area contributed by atoms with E-state index >= 15 is 0 Å². The van der Waals surface area contributed by atoms with Crippen molar-refractivity contribution in [3.05, 3.63) is 176 Å². The van der Waals surface area contributed by atoms with Gasteiger partial charge in [-0.25, -0.2) is 4.98 Å². The van der Waals surface area contributed by atoms with Crippen LogP contribution in [0, 0.1) is 0 Å².